The van der Waals surface area contributed by atoms with E-state index in [1.807, 2.05) is 0 Å². The van der Waals surface area contributed by atoms with Gasteiger partial charge < -0.3 is 10.2 Å². The summed E-state index contributed by atoms with van der Waals surface area (Å²) in [5.41, 5.74) is 16.3. The molecule has 0 unspecified atom stereocenters. The molecule has 2 nitrogen and oxygen atoms in total. The number of benzene rings is 7. The number of anilines is 4. The molecule has 7 aromatic rings. The lowest BCUT2D eigenvalue weighted by Crippen LogP contribution is -2.14. The maximum atomic E-state index is 4.56. The molecule has 9 rings (SSSR count). The van der Waals surface area contributed by atoms with E-state index in [9.17, 15) is 0 Å². The van der Waals surface area contributed by atoms with Crippen molar-refractivity contribution >= 4 is 44.7 Å². The Morgan fingerprint density at radius 3 is 2.10 bits per heavy atom. The first kappa shape index (κ1) is 30.7. The van der Waals surface area contributed by atoms with E-state index in [2.05, 4.69) is 207 Å². The lowest BCUT2D eigenvalue weighted by molar-refractivity contribution is 0.660. The zero-order chi connectivity index (χ0) is 34.5. The molecule has 0 amide bonds. The van der Waals surface area contributed by atoms with E-state index in [1.165, 1.54) is 38.6 Å². The normalized spacial score (nSPS) is 15.9. The van der Waals surface area contributed by atoms with Gasteiger partial charge in [-0.1, -0.05) is 130 Å². The number of hydrogen-bond acceptors (Lipinski definition) is 2. The molecular formula is C49H38N2. The van der Waals surface area contributed by atoms with Gasteiger partial charge >= 0.3 is 0 Å². The summed E-state index contributed by atoms with van der Waals surface area (Å²) in [5.74, 6) is 0. The zero-order valence-corrected chi connectivity index (χ0v) is 28.9. The Morgan fingerprint density at radius 1 is 0.549 bits per heavy atom. The molecule has 244 valence electrons. The molecule has 2 heteroatoms. The first-order valence-electron chi connectivity index (χ1n) is 17.6. The van der Waals surface area contributed by atoms with Crippen molar-refractivity contribution in [3.63, 3.8) is 0 Å². The minimum absolute atomic E-state index is 0.0474. The second kappa shape index (κ2) is 12.2. The predicted octanol–water partition coefficient (Wildman–Crippen LogP) is 13.3. The average molecular weight is 655 g/mol. The summed E-state index contributed by atoms with van der Waals surface area (Å²) in [6, 6.07) is 56.8. The van der Waals surface area contributed by atoms with Crippen molar-refractivity contribution < 1.29 is 0 Å². The Balaban J connectivity index is 1.19. The number of hydrogen-bond donors (Lipinski definition) is 1. The molecule has 7 aromatic carbocycles. The van der Waals surface area contributed by atoms with Gasteiger partial charge in [-0.25, -0.2) is 0 Å². The number of nitrogens with zero attached hydrogens (tertiary/aromatic N) is 1. The first-order valence-corrected chi connectivity index (χ1v) is 17.6. The Hall–Kier alpha value is -6.38. The monoisotopic (exact) mass is 654 g/mol. The van der Waals surface area contributed by atoms with Gasteiger partial charge in [0, 0.05) is 39.8 Å². The van der Waals surface area contributed by atoms with Crippen molar-refractivity contribution in [2.75, 3.05) is 10.2 Å². The van der Waals surface area contributed by atoms with Gasteiger partial charge in [-0.15, -0.1) is 0 Å². The van der Waals surface area contributed by atoms with Crippen LogP contribution in [0.4, 0.5) is 22.7 Å². The van der Waals surface area contributed by atoms with Crippen LogP contribution in [0.2, 0.25) is 0 Å². The molecule has 1 aliphatic carbocycles. The molecule has 0 saturated heterocycles. The van der Waals surface area contributed by atoms with Crippen LogP contribution in [-0.4, -0.2) is 0 Å². The van der Waals surface area contributed by atoms with Gasteiger partial charge in [0.1, 0.15) is 0 Å². The van der Waals surface area contributed by atoms with E-state index in [0.717, 1.165) is 50.6 Å². The molecule has 0 bridgehead atoms. The number of allylic oxidation sites excluding steroid dienone is 4. The molecule has 0 radical (unpaired) electrons. The first-order chi connectivity index (χ1) is 24.9. The summed E-state index contributed by atoms with van der Waals surface area (Å²) >= 11 is 0. The summed E-state index contributed by atoms with van der Waals surface area (Å²) in [6.07, 6.45) is 6.61. The summed E-state index contributed by atoms with van der Waals surface area (Å²) in [6.45, 7) is 9.24. The molecule has 1 aliphatic heterocycles. The van der Waals surface area contributed by atoms with Crippen molar-refractivity contribution in [2.24, 2.45) is 0 Å². The van der Waals surface area contributed by atoms with Crippen LogP contribution in [0.3, 0.4) is 0 Å². The topological polar surface area (TPSA) is 15.3 Å². The summed E-state index contributed by atoms with van der Waals surface area (Å²) in [5, 5.41) is 6.25. The molecule has 1 heterocycles. The van der Waals surface area contributed by atoms with Crippen LogP contribution in [0.25, 0.3) is 44.2 Å². The van der Waals surface area contributed by atoms with Gasteiger partial charge in [0.05, 0.1) is 5.69 Å². The lowest BCUT2D eigenvalue weighted by Gasteiger charge is -2.26. The Kier molecular flexibility index (Phi) is 7.33. The van der Waals surface area contributed by atoms with E-state index in [0.29, 0.717) is 0 Å². The molecule has 0 aromatic heterocycles. The van der Waals surface area contributed by atoms with E-state index in [4.69, 9.17) is 0 Å². The molecule has 0 atom stereocenters. The molecule has 0 fully saturated rings. The van der Waals surface area contributed by atoms with Gasteiger partial charge in [-0.05, 0) is 116 Å². The SMILES string of the molecule is C=C1/C=C(c2ccc(Nc3ccc4ccccc4c3)c(-c3ccc4c(c3)-c3ccccc3C4(C)C)c2)\C=C/N(c2ccccc2)c2ccccc21. The zero-order valence-electron chi connectivity index (χ0n) is 28.9. The number of nitrogens with one attached hydrogen (secondary N) is 1. The van der Waals surface area contributed by atoms with Crippen LogP contribution in [0.5, 0.6) is 0 Å². The number of para-hydroxylation sites is 2. The molecular weight excluding hydrogens is 617 g/mol. The quantitative estimate of drug-likeness (QED) is 0.199. The predicted molar refractivity (Wildman–Crippen MR) is 218 cm³/mol. The van der Waals surface area contributed by atoms with E-state index in [1.54, 1.807) is 0 Å². The summed E-state index contributed by atoms with van der Waals surface area (Å²) < 4.78 is 0. The van der Waals surface area contributed by atoms with Gasteiger partial charge in [0.15, 0.2) is 0 Å². The second-order valence-electron chi connectivity index (χ2n) is 14.0. The largest absolute Gasteiger partial charge is 0.355 e. The van der Waals surface area contributed by atoms with Crippen LogP contribution in [0, 0.1) is 0 Å². The van der Waals surface area contributed by atoms with Crippen molar-refractivity contribution in [1.82, 2.24) is 0 Å². The van der Waals surface area contributed by atoms with Crippen molar-refractivity contribution in [1.29, 1.82) is 0 Å². The Bertz CT molecular complexity index is 2550. The second-order valence-corrected chi connectivity index (χ2v) is 14.0. The Morgan fingerprint density at radius 2 is 1.24 bits per heavy atom. The fourth-order valence-electron chi connectivity index (χ4n) is 7.88. The fraction of sp³-hybridized carbons (Fsp3) is 0.0612. The summed E-state index contributed by atoms with van der Waals surface area (Å²) in [4.78, 5) is 2.25. The third-order valence-electron chi connectivity index (χ3n) is 10.6. The summed E-state index contributed by atoms with van der Waals surface area (Å²) in [7, 11) is 0. The van der Waals surface area contributed by atoms with Gasteiger partial charge in [0.25, 0.3) is 0 Å². The van der Waals surface area contributed by atoms with E-state index in [-0.39, 0.29) is 5.41 Å². The van der Waals surface area contributed by atoms with Crippen LogP contribution >= 0.6 is 0 Å². The highest BCUT2D eigenvalue weighted by atomic mass is 15.1. The smallest absolute Gasteiger partial charge is 0.0533 e. The minimum Gasteiger partial charge on any atom is -0.355 e. The highest BCUT2D eigenvalue weighted by molar-refractivity contribution is 5.96. The fourth-order valence-corrected chi connectivity index (χ4v) is 7.88. The van der Waals surface area contributed by atoms with Crippen LogP contribution in [0.1, 0.15) is 36.1 Å². The molecule has 51 heavy (non-hydrogen) atoms. The lowest BCUT2D eigenvalue weighted by atomic mass is 9.82. The molecule has 0 saturated carbocycles. The molecule has 1 N–H and O–H groups in total. The Labute approximate surface area is 300 Å². The van der Waals surface area contributed by atoms with Gasteiger partial charge in [0.2, 0.25) is 0 Å². The maximum absolute atomic E-state index is 4.56. The third-order valence-corrected chi connectivity index (χ3v) is 10.6. The third kappa shape index (κ3) is 5.37. The van der Waals surface area contributed by atoms with E-state index >= 15 is 0 Å². The van der Waals surface area contributed by atoms with E-state index < -0.39 is 0 Å². The van der Waals surface area contributed by atoms with Crippen LogP contribution in [0.15, 0.2) is 183 Å². The number of fused-ring (bicyclic) bond motifs is 5. The number of rotatable bonds is 5. The van der Waals surface area contributed by atoms with Gasteiger partial charge in [-0.3, -0.25) is 0 Å². The highest BCUT2D eigenvalue weighted by Gasteiger charge is 2.35. The minimum atomic E-state index is -0.0474. The van der Waals surface area contributed by atoms with Crippen LogP contribution < -0.4 is 10.2 Å². The van der Waals surface area contributed by atoms with Crippen LogP contribution in [-0.2, 0) is 5.41 Å². The highest BCUT2D eigenvalue weighted by Crippen LogP contribution is 2.50. The average Bonchev–Trinajstić information content (AvgIpc) is 3.40. The molecule has 2 aliphatic rings. The van der Waals surface area contributed by atoms with Crippen molar-refractivity contribution in [3.05, 3.63) is 205 Å². The molecule has 0 spiro atoms. The maximum Gasteiger partial charge on any atom is 0.0533 e. The van der Waals surface area contributed by atoms with Gasteiger partial charge in [-0.2, -0.15) is 0 Å². The standard InChI is InChI=1S/C49H38N2/c1-33-29-37(27-28-51(40-15-5-4-6-16-40)48-20-12-10-17-41(33)48)36-23-26-47(50-39-24-21-34-13-7-8-14-35(34)30-39)43(31-36)38-22-25-46-44(32-38)42-18-9-11-19-45(42)49(46,2)3/h4-32,50H,1H2,2-3H3/b28-27-,37-29+. The van der Waals surface area contributed by atoms with Crippen molar-refractivity contribution in [3.8, 4) is 22.3 Å². The van der Waals surface area contributed by atoms with Crippen molar-refractivity contribution in [2.45, 2.75) is 19.3 Å².